The van der Waals surface area contributed by atoms with Gasteiger partial charge in [-0.2, -0.15) is 0 Å². The lowest BCUT2D eigenvalue weighted by atomic mass is 9.76. The maximum Gasteiger partial charge on any atom is 0.197 e. The van der Waals surface area contributed by atoms with Gasteiger partial charge < -0.3 is 14.6 Å². The lowest BCUT2D eigenvalue weighted by Crippen LogP contribution is -2.37. The van der Waals surface area contributed by atoms with Crippen LogP contribution in [0.5, 0.6) is 11.5 Å². The normalized spacial score (nSPS) is 21.8. The SMILES string of the molecule is O=C1C(=Cc2cc3c(s2)-c2sc4c5c(sc4c2C2(CCCCC2)O3)-c2sc(/C=C3\C(=O)c4ccccc4C3O)cc2OC52CCCCC2)C(=O)c2ccccc21. The van der Waals surface area contributed by atoms with Crippen LogP contribution in [0.3, 0.4) is 0 Å². The molecule has 2 saturated carbocycles. The Kier molecular flexibility index (Phi) is 7.24. The molecule has 1 atom stereocenters. The molecule has 4 aromatic heterocycles. The van der Waals surface area contributed by atoms with Crippen molar-refractivity contribution in [2.45, 2.75) is 81.5 Å². The zero-order chi connectivity index (χ0) is 37.5. The molecule has 6 aromatic rings. The fourth-order valence-corrected chi connectivity index (χ4v) is 15.8. The van der Waals surface area contributed by atoms with E-state index >= 15 is 0 Å². The van der Waals surface area contributed by atoms with E-state index in [-0.39, 0.29) is 22.9 Å². The number of thiophene rings is 4. The number of aliphatic hydroxyl groups is 1. The van der Waals surface area contributed by atoms with E-state index in [0.29, 0.717) is 27.8 Å². The van der Waals surface area contributed by atoms with Gasteiger partial charge in [-0.1, -0.05) is 61.4 Å². The monoisotopic (exact) mass is 810 g/mol. The molecule has 10 heteroatoms. The third kappa shape index (κ3) is 4.59. The number of allylic oxidation sites excluding steroid dienone is 1. The molecular formula is C46H34O6S4. The quantitative estimate of drug-likeness (QED) is 0.138. The fourth-order valence-electron chi connectivity index (χ4n) is 10.2. The van der Waals surface area contributed by atoms with Crippen LogP contribution in [0.2, 0.25) is 0 Å². The number of benzene rings is 2. The number of aliphatic hydroxyl groups excluding tert-OH is 1. The highest BCUT2D eigenvalue weighted by Gasteiger charge is 2.51. The van der Waals surface area contributed by atoms with Crippen LogP contribution in [0.15, 0.2) is 71.8 Å². The largest absolute Gasteiger partial charge is 0.481 e. The van der Waals surface area contributed by atoms with E-state index in [1.807, 2.05) is 53.0 Å². The molecule has 0 radical (unpaired) electrons. The molecule has 1 N–H and O–H groups in total. The summed E-state index contributed by atoms with van der Waals surface area (Å²) in [7, 11) is 0. The van der Waals surface area contributed by atoms with Gasteiger partial charge in [-0.3, -0.25) is 14.4 Å². The molecule has 6 heterocycles. The van der Waals surface area contributed by atoms with Gasteiger partial charge in [-0.05, 0) is 81.2 Å². The summed E-state index contributed by atoms with van der Waals surface area (Å²) in [4.78, 5) is 46.6. The molecule has 1 unspecified atom stereocenters. The Morgan fingerprint density at radius 3 is 1.57 bits per heavy atom. The zero-order valence-electron chi connectivity index (χ0n) is 30.2. The third-order valence-electron chi connectivity index (χ3n) is 12.8. The smallest absolute Gasteiger partial charge is 0.197 e. The van der Waals surface area contributed by atoms with E-state index in [1.165, 1.54) is 43.1 Å². The number of hydrogen-bond acceptors (Lipinski definition) is 10. The molecule has 56 heavy (non-hydrogen) atoms. The number of ether oxygens (including phenoxy) is 2. The first kappa shape index (κ1) is 33.7. The Morgan fingerprint density at radius 1 is 0.571 bits per heavy atom. The van der Waals surface area contributed by atoms with E-state index in [9.17, 15) is 19.5 Å². The summed E-state index contributed by atoms with van der Waals surface area (Å²) in [5.74, 6) is 1.17. The maximum absolute atomic E-state index is 13.4. The van der Waals surface area contributed by atoms with Crippen molar-refractivity contribution in [2.75, 3.05) is 0 Å². The van der Waals surface area contributed by atoms with Gasteiger partial charge in [-0.25, -0.2) is 0 Å². The lowest BCUT2D eigenvalue weighted by molar-refractivity contribution is 0.0257. The number of fused-ring (bicyclic) bond motifs is 13. The lowest BCUT2D eigenvalue weighted by Gasteiger charge is -2.41. The molecule has 2 fully saturated rings. The summed E-state index contributed by atoms with van der Waals surface area (Å²) in [5, 5.41) is 11.2. The Bertz CT molecular complexity index is 2770. The molecule has 6 nitrogen and oxygen atoms in total. The van der Waals surface area contributed by atoms with Crippen molar-refractivity contribution in [3.63, 3.8) is 0 Å². The Hall–Kier alpha value is -4.45. The topological polar surface area (TPSA) is 89.9 Å². The Balaban J connectivity index is 1.02. The minimum atomic E-state index is -0.946. The molecule has 4 aliphatic carbocycles. The van der Waals surface area contributed by atoms with Gasteiger partial charge in [0, 0.05) is 43.1 Å². The maximum atomic E-state index is 13.4. The summed E-state index contributed by atoms with van der Waals surface area (Å²) >= 11 is 6.99. The van der Waals surface area contributed by atoms with Crippen molar-refractivity contribution in [1.82, 2.24) is 0 Å². The van der Waals surface area contributed by atoms with Crippen LogP contribution in [0.25, 0.3) is 41.1 Å². The number of hydrogen-bond donors (Lipinski definition) is 1. The Morgan fingerprint density at radius 2 is 1.05 bits per heavy atom. The van der Waals surface area contributed by atoms with Gasteiger partial charge in [0.25, 0.3) is 0 Å². The van der Waals surface area contributed by atoms with E-state index in [1.54, 1.807) is 59.1 Å². The van der Waals surface area contributed by atoms with Gasteiger partial charge in [0.2, 0.25) is 0 Å². The summed E-state index contributed by atoms with van der Waals surface area (Å²) in [6.45, 7) is 0. The van der Waals surface area contributed by atoms with Crippen molar-refractivity contribution >= 4 is 84.2 Å². The van der Waals surface area contributed by atoms with Crippen LogP contribution in [0.1, 0.15) is 128 Å². The van der Waals surface area contributed by atoms with E-state index in [0.717, 1.165) is 82.4 Å². The van der Waals surface area contributed by atoms with Gasteiger partial charge in [-0.15, -0.1) is 45.3 Å². The number of rotatable bonds is 2. The number of Topliss-reactive ketones (excluding diaryl/α,β-unsaturated/α-hetero) is 3. The second-order valence-corrected chi connectivity index (χ2v) is 20.2. The minimum Gasteiger partial charge on any atom is -0.481 e. The number of ketones is 3. The fraction of sp³-hybridized carbons (Fsp3) is 0.283. The van der Waals surface area contributed by atoms with Crippen LogP contribution in [0.4, 0.5) is 0 Å². The second kappa shape index (κ2) is 12.0. The van der Waals surface area contributed by atoms with Crippen LogP contribution in [-0.2, 0) is 11.2 Å². The number of carbonyl (C=O) groups excluding carboxylic acids is 3. The van der Waals surface area contributed by atoms with Gasteiger partial charge in [0.15, 0.2) is 17.3 Å². The van der Waals surface area contributed by atoms with Crippen molar-refractivity contribution < 1.29 is 29.0 Å². The van der Waals surface area contributed by atoms with Crippen molar-refractivity contribution in [1.29, 1.82) is 0 Å². The molecule has 0 saturated heterocycles. The second-order valence-electron chi connectivity index (χ2n) is 15.9. The standard InChI is InChI=1S/C46H34O6S4/c47-35-25-11-3-4-12-26(25)36(48)29(35)19-23-21-31-39(53-23)41-33(45(51-31)15-7-1-8-16-45)43-44(55-41)34-42(56-43)40-32(52-46(34)17-9-2-10-18-46)22-24(54-40)20-30-37(49)27-13-5-6-14-28(27)38(30)50/h3-6,11-14,19-22,35,47H,1-2,7-10,15-18H2/b29-19-. The van der Waals surface area contributed by atoms with Gasteiger partial charge in [0.05, 0.1) is 34.5 Å². The minimum absolute atomic E-state index is 0.121. The first-order chi connectivity index (χ1) is 27.3. The molecule has 0 bridgehead atoms. The highest BCUT2D eigenvalue weighted by Crippen LogP contribution is 2.66. The van der Waals surface area contributed by atoms with Crippen molar-refractivity contribution in [3.8, 4) is 31.0 Å². The average Bonchev–Trinajstić information content (AvgIpc) is 4.05. The van der Waals surface area contributed by atoms with Crippen molar-refractivity contribution in [3.05, 3.63) is 115 Å². The molecule has 6 aliphatic rings. The highest BCUT2D eigenvalue weighted by atomic mass is 32.1. The summed E-state index contributed by atoms with van der Waals surface area (Å²) < 4.78 is 17.0. The predicted octanol–water partition coefficient (Wildman–Crippen LogP) is 12.3. The zero-order valence-corrected chi connectivity index (χ0v) is 33.5. The van der Waals surface area contributed by atoms with Gasteiger partial charge in [0.1, 0.15) is 28.8 Å². The Labute approximate surface area is 338 Å². The molecule has 2 aromatic carbocycles. The number of carbonyl (C=O) groups is 3. The molecular weight excluding hydrogens is 777 g/mol. The van der Waals surface area contributed by atoms with Gasteiger partial charge >= 0.3 is 0 Å². The first-order valence-electron chi connectivity index (χ1n) is 19.5. The molecule has 278 valence electrons. The first-order valence-corrected chi connectivity index (χ1v) is 22.8. The van der Waals surface area contributed by atoms with Crippen LogP contribution >= 0.6 is 45.3 Å². The van der Waals surface area contributed by atoms with E-state index in [4.69, 9.17) is 9.47 Å². The summed E-state index contributed by atoms with van der Waals surface area (Å²) in [6.07, 6.45) is 13.2. The summed E-state index contributed by atoms with van der Waals surface area (Å²) in [5.41, 5.74) is 4.51. The molecule has 12 rings (SSSR count). The van der Waals surface area contributed by atoms with Crippen molar-refractivity contribution in [2.24, 2.45) is 0 Å². The van der Waals surface area contributed by atoms with E-state index in [2.05, 4.69) is 6.07 Å². The third-order valence-corrected chi connectivity index (χ3v) is 17.8. The molecule has 2 spiro atoms. The van der Waals surface area contributed by atoms with Crippen LogP contribution < -0.4 is 9.47 Å². The van der Waals surface area contributed by atoms with Crippen LogP contribution in [-0.4, -0.2) is 22.5 Å². The summed E-state index contributed by atoms with van der Waals surface area (Å²) in [6, 6.07) is 18.5. The molecule has 2 aliphatic heterocycles. The van der Waals surface area contributed by atoms with E-state index < -0.39 is 17.3 Å². The predicted molar refractivity (Wildman–Crippen MR) is 224 cm³/mol. The average molecular weight is 811 g/mol. The van der Waals surface area contributed by atoms with Crippen LogP contribution in [0, 0.1) is 0 Å². The molecule has 0 amide bonds. The highest BCUT2D eigenvalue weighted by molar-refractivity contribution is 7.34.